The van der Waals surface area contributed by atoms with E-state index < -0.39 is 8.80 Å². The van der Waals surface area contributed by atoms with Crippen molar-refractivity contribution < 1.29 is 13.3 Å². The summed E-state index contributed by atoms with van der Waals surface area (Å²) >= 11 is 5.69. The molecule has 0 amide bonds. The van der Waals surface area contributed by atoms with Gasteiger partial charge < -0.3 is 13.3 Å². The van der Waals surface area contributed by atoms with Crippen LogP contribution >= 0.6 is 11.6 Å². The first kappa shape index (κ1) is 26.4. The van der Waals surface area contributed by atoms with E-state index >= 15 is 0 Å². The highest BCUT2D eigenvalue weighted by Gasteiger charge is 2.36. The van der Waals surface area contributed by atoms with Gasteiger partial charge in [0, 0.05) is 33.3 Å². The van der Waals surface area contributed by atoms with Crippen molar-refractivity contribution in [1.82, 2.24) is 0 Å². The summed E-state index contributed by atoms with van der Waals surface area (Å²) in [4.78, 5) is 0. The molecule has 26 heavy (non-hydrogen) atoms. The third kappa shape index (κ3) is 15.4. The molecule has 0 saturated heterocycles. The highest BCUT2D eigenvalue weighted by molar-refractivity contribution is 6.60. The van der Waals surface area contributed by atoms with Crippen LogP contribution < -0.4 is 0 Å². The van der Waals surface area contributed by atoms with Crippen LogP contribution in [0.25, 0.3) is 0 Å². The SMILES string of the molecule is CO[Si](CCCCCCCCCCCCCCCCCCCl)(OC)OC. The minimum absolute atomic E-state index is 0.831. The second-order valence-electron chi connectivity index (χ2n) is 7.39. The molecular weight excluding hydrogens is 364 g/mol. The number of rotatable bonds is 21. The first-order valence-electron chi connectivity index (χ1n) is 11.0. The van der Waals surface area contributed by atoms with Crippen LogP contribution in [0, 0.1) is 0 Å². The molecule has 0 radical (unpaired) electrons. The predicted octanol–water partition coefficient (Wildman–Crippen LogP) is 7.34. The van der Waals surface area contributed by atoms with Crippen LogP contribution in [0.1, 0.15) is 103 Å². The zero-order valence-corrected chi connectivity index (χ0v) is 19.6. The number of unbranched alkanes of at least 4 members (excludes halogenated alkanes) is 15. The lowest BCUT2D eigenvalue weighted by atomic mass is 10.0. The maximum absolute atomic E-state index is 5.69. The van der Waals surface area contributed by atoms with Gasteiger partial charge in [-0.3, -0.25) is 0 Å². The predicted molar refractivity (Wildman–Crippen MR) is 116 cm³/mol. The average molecular weight is 409 g/mol. The van der Waals surface area contributed by atoms with Gasteiger partial charge in [-0.1, -0.05) is 89.9 Å². The molecule has 0 heterocycles. The first-order valence-corrected chi connectivity index (χ1v) is 13.4. The summed E-state index contributed by atoms with van der Waals surface area (Å²) in [6.07, 6.45) is 21.7. The Morgan fingerprint density at radius 3 is 1.00 bits per heavy atom. The third-order valence-corrected chi connectivity index (χ3v) is 8.40. The number of hydrogen-bond acceptors (Lipinski definition) is 3. The molecule has 0 aromatic rings. The molecule has 0 aliphatic heterocycles. The second kappa shape index (κ2) is 20.1. The normalized spacial score (nSPS) is 12.0. The molecule has 0 aliphatic carbocycles. The Labute approximate surface area is 169 Å². The van der Waals surface area contributed by atoms with Crippen molar-refractivity contribution in [2.75, 3.05) is 27.2 Å². The second-order valence-corrected chi connectivity index (χ2v) is 10.9. The standard InChI is InChI=1S/C21H45ClO3Si/c1-23-26(24-2,25-3)21-19-17-15-13-11-9-7-5-4-6-8-10-12-14-16-18-20-22/h4-21H2,1-3H3. The number of hydrogen-bond donors (Lipinski definition) is 0. The van der Waals surface area contributed by atoms with Crippen molar-refractivity contribution in [3.8, 4) is 0 Å². The van der Waals surface area contributed by atoms with Crippen LogP contribution in [0.3, 0.4) is 0 Å². The van der Waals surface area contributed by atoms with Gasteiger partial charge in [0.25, 0.3) is 0 Å². The van der Waals surface area contributed by atoms with Gasteiger partial charge in [-0.05, 0) is 12.8 Å². The summed E-state index contributed by atoms with van der Waals surface area (Å²) in [6.45, 7) is 0. The Bertz CT molecular complexity index is 268. The maximum atomic E-state index is 5.69. The molecule has 0 atom stereocenters. The van der Waals surface area contributed by atoms with E-state index in [9.17, 15) is 0 Å². The van der Waals surface area contributed by atoms with Gasteiger partial charge in [0.1, 0.15) is 0 Å². The van der Waals surface area contributed by atoms with E-state index in [0.29, 0.717) is 0 Å². The van der Waals surface area contributed by atoms with E-state index in [1.165, 1.54) is 96.3 Å². The summed E-state index contributed by atoms with van der Waals surface area (Å²) in [5.74, 6) is 0.831. The molecule has 3 nitrogen and oxygen atoms in total. The summed E-state index contributed by atoms with van der Waals surface area (Å²) < 4.78 is 16.4. The van der Waals surface area contributed by atoms with Crippen molar-refractivity contribution in [2.24, 2.45) is 0 Å². The van der Waals surface area contributed by atoms with Gasteiger partial charge in [0.2, 0.25) is 0 Å². The molecule has 0 rings (SSSR count). The van der Waals surface area contributed by atoms with Gasteiger partial charge in [-0.25, -0.2) is 0 Å². The zero-order chi connectivity index (χ0) is 19.3. The third-order valence-electron chi connectivity index (χ3n) is 5.30. The van der Waals surface area contributed by atoms with Crippen LogP contribution in [-0.4, -0.2) is 36.0 Å². The average Bonchev–Trinajstić information content (AvgIpc) is 2.68. The molecule has 5 heteroatoms. The Balaban J connectivity index is 3.20. The molecule has 0 N–H and O–H groups in total. The van der Waals surface area contributed by atoms with Crippen molar-refractivity contribution in [3.63, 3.8) is 0 Å². The molecule has 0 aromatic carbocycles. The van der Waals surface area contributed by atoms with E-state index in [1.807, 2.05) is 0 Å². The summed E-state index contributed by atoms with van der Waals surface area (Å²) in [5.41, 5.74) is 0. The Morgan fingerprint density at radius 2 is 0.731 bits per heavy atom. The smallest absolute Gasteiger partial charge is 0.377 e. The van der Waals surface area contributed by atoms with E-state index in [4.69, 9.17) is 24.9 Å². The van der Waals surface area contributed by atoms with E-state index in [1.54, 1.807) is 21.3 Å². The molecule has 0 unspecified atom stereocenters. The van der Waals surface area contributed by atoms with Gasteiger partial charge >= 0.3 is 8.80 Å². The van der Waals surface area contributed by atoms with Crippen LogP contribution in [0.4, 0.5) is 0 Å². The quantitative estimate of drug-likeness (QED) is 0.113. The van der Waals surface area contributed by atoms with Crippen molar-refractivity contribution >= 4 is 20.4 Å². The van der Waals surface area contributed by atoms with Gasteiger partial charge in [-0.2, -0.15) is 0 Å². The van der Waals surface area contributed by atoms with Gasteiger partial charge in [0.05, 0.1) is 0 Å². The lowest BCUT2D eigenvalue weighted by molar-refractivity contribution is 0.122. The highest BCUT2D eigenvalue weighted by atomic mass is 35.5. The Kier molecular flexibility index (Phi) is 20.4. The molecular formula is C21H45ClO3Si. The number of halogens is 1. The minimum Gasteiger partial charge on any atom is -0.377 e. The van der Waals surface area contributed by atoms with Gasteiger partial charge in [0.15, 0.2) is 0 Å². The molecule has 0 spiro atoms. The Morgan fingerprint density at radius 1 is 0.462 bits per heavy atom. The molecule has 0 bridgehead atoms. The fourth-order valence-corrected chi connectivity index (χ4v) is 5.45. The van der Waals surface area contributed by atoms with Crippen LogP contribution in [0.2, 0.25) is 6.04 Å². The van der Waals surface area contributed by atoms with Gasteiger partial charge in [-0.15, -0.1) is 11.6 Å². The molecule has 0 aromatic heterocycles. The van der Waals surface area contributed by atoms with Crippen molar-refractivity contribution in [3.05, 3.63) is 0 Å². The molecule has 0 saturated carbocycles. The summed E-state index contributed by atoms with van der Waals surface area (Å²) in [5, 5.41) is 0. The van der Waals surface area contributed by atoms with E-state index in [0.717, 1.165) is 18.3 Å². The minimum atomic E-state index is -2.33. The summed E-state index contributed by atoms with van der Waals surface area (Å²) in [6, 6.07) is 0.934. The molecule has 158 valence electrons. The maximum Gasteiger partial charge on any atom is 0.500 e. The summed E-state index contributed by atoms with van der Waals surface area (Å²) in [7, 11) is 2.76. The van der Waals surface area contributed by atoms with Crippen molar-refractivity contribution in [2.45, 2.75) is 109 Å². The zero-order valence-electron chi connectivity index (χ0n) is 17.8. The topological polar surface area (TPSA) is 27.7 Å². The molecule has 0 fully saturated rings. The fraction of sp³-hybridized carbons (Fsp3) is 1.00. The monoisotopic (exact) mass is 408 g/mol. The first-order chi connectivity index (χ1) is 12.7. The van der Waals surface area contributed by atoms with Crippen molar-refractivity contribution in [1.29, 1.82) is 0 Å². The number of alkyl halides is 1. The largest absolute Gasteiger partial charge is 0.500 e. The van der Waals surface area contributed by atoms with Crippen LogP contribution in [-0.2, 0) is 13.3 Å². The highest BCUT2D eigenvalue weighted by Crippen LogP contribution is 2.19. The van der Waals surface area contributed by atoms with E-state index in [-0.39, 0.29) is 0 Å². The lowest BCUT2D eigenvalue weighted by Gasteiger charge is -2.24. The van der Waals surface area contributed by atoms with Crippen LogP contribution in [0.5, 0.6) is 0 Å². The molecule has 0 aliphatic rings. The van der Waals surface area contributed by atoms with Crippen LogP contribution in [0.15, 0.2) is 0 Å². The lowest BCUT2D eigenvalue weighted by Crippen LogP contribution is -2.42. The Hall–Kier alpha value is 0.387. The van der Waals surface area contributed by atoms with E-state index in [2.05, 4.69) is 0 Å². The fourth-order valence-electron chi connectivity index (χ4n) is 3.47.